The molecular weight excluding hydrogens is 520 g/mol. The summed E-state index contributed by atoms with van der Waals surface area (Å²) in [4.78, 5) is 26.6. The molecule has 1 N–H and O–H groups in total. The van der Waals surface area contributed by atoms with Crippen molar-refractivity contribution in [1.82, 2.24) is 14.8 Å². The highest BCUT2D eigenvalue weighted by Crippen LogP contribution is 2.38. The number of anilines is 1. The molecule has 3 aromatic rings. The Morgan fingerprint density at radius 3 is 2.81 bits per heavy atom. The minimum atomic E-state index is -0.373. The molecule has 0 saturated carbocycles. The molecular formula is C25H29ClN4O4S2. The third kappa shape index (κ3) is 5.87. The summed E-state index contributed by atoms with van der Waals surface area (Å²) in [6.45, 7) is 5.89. The van der Waals surface area contributed by atoms with Crippen LogP contribution in [0.15, 0.2) is 23.4 Å². The number of nitrogens with one attached hydrogen (secondary N) is 1. The van der Waals surface area contributed by atoms with E-state index in [4.69, 9.17) is 21.1 Å². The molecule has 2 aromatic heterocycles. The van der Waals surface area contributed by atoms with E-state index in [1.165, 1.54) is 23.1 Å². The Balaban J connectivity index is 1.40. The van der Waals surface area contributed by atoms with Crippen molar-refractivity contribution in [2.24, 2.45) is 7.05 Å². The second-order valence-corrected chi connectivity index (χ2v) is 11.0. The number of hydrogen-bond acceptors (Lipinski definition) is 8. The van der Waals surface area contributed by atoms with Crippen molar-refractivity contribution in [3.05, 3.63) is 50.6 Å². The number of esters is 1. The summed E-state index contributed by atoms with van der Waals surface area (Å²) in [6, 6.07) is 5.49. The summed E-state index contributed by atoms with van der Waals surface area (Å²) in [5.74, 6) is 0.873. The van der Waals surface area contributed by atoms with Gasteiger partial charge < -0.3 is 19.4 Å². The number of amides is 1. The maximum atomic E-state index is 12.8. The smallest absolute Gasteiger partial charge is 0.341 e. The number of nitrogens with zero attached hydrogens (tertiary/aromatic N) is 3. The summed E-state index contributed by atoms with van der Waals surface area (Å²) in [5.41, 5.74) is 2.47. The monoisotopic (exact) mass is 548 g/mol. The van der Waals surface area contributed by atoms with E-state index in [1.807, 2.05) is 37.6 Å². The van der Waals surface area contributed by atoms with Crippen molar-refractivity contribution in [1.29, 1.82) is 0 Å². The molecule has 2 heterocycles. The fourth-order valence-electron chi connectivity index (χ4n) is 4.12. The number of rotatable bonds is 9. The first kappa shape index (κ1) is 26.5. The second kappa shape index (κ2) is 11.7. The van der Waals surface area contributed by atoms with Crippen LogP contribution in [-0.2, 0) is 29.4 Å². The van der Waals surface area contributed by atoms with Crippen molar-refractivity contribution in [2.45, 2.75) is 57.7 Å². The molecule has 0 fully saturated rings. The number of carbonyl (C=O) groups is 2. The Morgan fingerprint density at radius 1 is 1.28 bits per heavy atom. The fraction of sp³-hybridized carbons (Fsp3) is 0.440. The van der Waals surface area contributed by atoms with Crippen LogP contribution in [0.4, 0.5) is 5.00 Å². The molecule has 192 valence electrons. The van der Waals surface area contributed by atoms with Crippen LogP contribution in [0, 0.1) is 6.92 Å². The zero-order valence-electron chi connectivity index (χ0n) is 20.7. The number of benzene rings is 1. The van der Waals surface area contributed by atoms with Gasteiger partial charge in [-0.25, -0.2) is 4.79 Å². The standard InChI is InChI=1S/C25H29ClN4O4S2/c1-5-33-24(32)21-17-8-6-7-9-19(17)36-23(21)27-20(31)13-35-25-29-28-22(30(25)4)15(3)34-16-10-11-18(26)14(2)12-16/h10-12,15H,5-9,13H2,1-4H3,(H,27,31). The number of aromatic nitrogens is 3. The summed E-state index contributed by atoms with van der Waals surface area (Å²) in [6.07, 6.45) is 3.54. The highest BCUT2D eigenvalue weighted by atomic mass is 35.5. The average molecular weight is 549 g/mol. The van der Waals surface area contributed by atoms with Gasteiger partial charge in [-0.3, -0.25) is 4.79 Å². The zero-order valence-corrected chi connectivity index (χ0v) is 23.1. The predicted octanol–water partition coefficient (Wildman–Crippen LogP) is 5.76. The van der Waals surface area contributed by atoms with Gasteiger partial charge >= 0.3 is 5.97 Å². The van der Waals surface area contributed by atoms with Crippen LogP contribution in [0.5, 0.6) is 5.75 Å². The Labute approximate surface area is 223 Å². The lowest BCUT2D eigenvalue weighted by Crippen LogP contribution is -2.17. The molecule has 11 heteroatoms. The quantitative estimate of drug-likeness (QED) is 0.268. The molecule has 0 aliphatic heterocycles. The molecule has 36 heavy (non-hydrogen) atoms. The molecule has 1 aliphatic rings. The van der Waals surface area contributed by atoms with Crippen LogP contribution in [0.3, 0.4) is 0 Å². The van der Waals surface area contributed by atoms with E-state index >= 15 is 0 Å². The predicted molar refractivity (Wildman–Crippen MR) is 143 cm³/mol. The minimum Gasteiger partial charge on any atom is -0.483 e. The summed E-state index contributed by atoms with van der Waals surface area (Å²) in [7, 11) is 1.84. The van der Waals surface area contributed by atoms with Crippen molar-refractivity contribution in [3.63, 3.8) is 0 Å². The molecule has 1 aliphatic carbocycles. The van der Waals surface area contributed by atoms with Crippen LogP contribution in [-0.4, -0.2) is 39.0 Å². The Hall–Kier alpha value is -2.56. The van der Waals surface area contributed by atoms with Crippen LogP contribution in [0.2, 0.25) is 5.02 Å². The van der Waals surface area contributed by atoms with E-state index in [0.29, 0.717) is 38.9 Å². The van der Waals surface area contributed by atoms with Crippen molar-refractivity contribution < 1.29 is 19.1 Å². The Bertz CT molecular complexity index is 1270. The molecule has 0 spiro atoms. The first-order valence-electron chi connectivity index (χ1n) is 11.8. The number of aryl methyl sites for hydroxylation is 2. The second-order valence-electron chi connectivity index (χ2n) is 8.54. The number of thiophene rings is 1. The van der Waals surface area contributed by atoms with Crippen LogP contribution >= 0.6 is 34.7 Å². The maximum Gasteiger partial charge on any atom is 0.341 e. The van der Waals surface area contributed by atoms with E-state index in [-0.39, 0.29) is 23.7 Å². The number of thioether (sulfide) groups is 1. The van der Waals surface area contributed by atoms with E-state index in [2.05, 4.69) is 15.5 Å². The third-order valence-corrected chi connectivity index (χ3v) is 8.56. The highest BCUT2D eigenvalue weighted by Gasteiger charge is 2.27. The van der Waals surface area contributed by atoms with Gasteiger partial charge in [-0.05, 0) is 75.8 Å². The van der Waals surface area contributed by atoms with Gasteiger partial charge in [0.1, 0.15) is 10.8 Å². The van der Waals surface area contributed by atoms with Crippen LogP contribution in [0.25, 0.3) is 0 Å². The number of hydrogen-bond donors (Lipinski definition) is 1. The van der Waals surface area contributed by atoms with Gasteiger partial charge in [0.2, 0.25) is 5.91 Å². The van der Waals surface area contributed by atoms with Gasteiger partial charge in [-0.2, -0.15) is 0 Å². The van der Waals surface area contributed by atoms with Gasteiger partial charge in [-0.1, -0.05) is 23.4 Å². The number of ether oxygens (including phenoxy) is 2. The Morgan fingerprint density at radius 2 is 2.06 bits per heavy atom. The first-order chi connectivity index (χ1) is 17.3. The van der Waals surface area contributed by atoms with Gasteiger partial charge in [0.05, 0.1) is 17.9 Å². The molecule has 1 atom stereocenters. The van der Waals surface area contributed by atoms with E-state index in [0.717, 1.165) is 41.7 Å². The molecule has 1 unspecified atom stereocenters. The molecule has 4 rings (SSSR count). The topological polar surface area (TPSA) is 95.3 Å². The lowest BCUT2D eigenvalue weighted by molar-refractivity contribution is -0.113. The number of halogens is 1. The maximum absolute atomic E-state index is 12.8. The number of fused-ring (bicyclic) bond motifs is 1. The Kier molecular flexibility index (Phi) is 8.58. The molecule has 0 bridgehead atoms. The van der Waals surface area contributed by atoms with Crippen LogP contribution < -0.4 is 10.1 Å². The van der Waals surface area contributed by atoms with Gasteiger partial charge in [0.25, 0.3) is 0 Å². The molecule has 0 radical (unpaired) electrons. The van der Waals surface area contributed by atoms with Gasteiger partial charge in [0.15, 0.2) is 17.1 Å². The van der Waals surface area contributed by atoms with E-state index in [9.17, 15) is 9.59 Å². The number of carbonyl (C=O) groups excluding carboxylic acids is 2. The normalized spacial score (nSPS) is 13.7. The summed E-state index contributed by atoms with van der Waals surface area (Å²) >= 11 is 8.85. The molecule has 0 saturated heterocycles. The van der Waals surface area contributed by atoms with Gasteiger partial charge in [0, 0.05) is 16.9 Å². The first-order valence-corrected chi connectivity index (χ1v) is 14.0. The highest BCUT2D eigenvalue weighted by molar-refractivity contribution is 7.99. The van der Waals surface area contributed by atoms with Crippen molar-refractivity contribution >= 4 is 51.6 Å². The molecule has 1 amide bonds. The zero-order chi connectivity index (χ0) is 25.8. The fourth-order valence-corrected chi connectivity index (χ4v) is 6.25. The summed E-state index contributed by atoms with van der Waals surface area (Å²) in [5, 5.41) is 13.3. The van der Waals surface area contributed by atoms with E-state index < -0.39 is 0 Å². The van der Waals surface area contributed by atoms with Crippen LogP contribution in [0.1, 0.15) is 65.0 Å². The van der Waals surface area contributed by atoms with Crippen molar-refractivity contribution in [3.8, 4) is 5.75 Å². The SMILES string of the molecule is CCOC(=O)c1c(NC(=O)CSc2nnc(C(C)Oc3ccc(Cl)c(C)c3)n2C)sc2c1CCCC2. The third-order valence-electron chi connectivity index (χ3n) is 5.91. The average Bonchev–Trinajstić information content (AvgIpc) is 3.40. The largest absolute Gasteiger partial charge is 0.483 e. The lowest BCUT2D eigenvalue weighted by Gasteiger charge is -2.15. The van der Waals surface area contributed by atoms with Gasteiger partial charge in [-0.15, -0.1) is 21.5 Å². The lowest BCUT2D eigenvalue weighted by atomic mass is 9.95. The minimum absolute atomic E-state index is 0.127. The summed E-state index contributed by atoms with van der Waals surface area (Å²) < 4.78 is 13.1. The van der Waals surface area contributed by atoms with E-state index in [1.54, 1.807) is 13.0 Å². The van der Waals surface area contributed by atoms with Crippen molar-refractivity contribution in [2.75, 3.05) is 17.7 Å². The molecule has 8 nitrogen and oxygen atoms in total. The molecule has 1 aromatic carbocycles.